The molecule has 6 nitrogen and oxygen atoms in total. The molecule has 1 fully saturated rings. The second-order valence-electron chi connectivity index (χ2n) is 5.92. The number of carbonyl (C=O) groups excluding carboxylic acids is 1. The average molecular weight is 415 g/mol. The van der Waals surface area contributed by atoms with Gasteiger partial charge in [-0.2, -0.15) is 4.31 Å². The summed E-state index contributed by atoms with van der Waals surface area (Å²) in [5.41, 5.74) is 0.685. The van der Waals surface area contributed by atoms with Crippen LogP contribution in [0.5, 0.6) is 0 Å². The van der Waals surface area contributed by atoms with Gasteiger partial charge in [-0.15, -0.1) is 11.3 Å². The van der Waals surface area contributed by atoms with Crippen molar-refractivity contribution in [2.24, 2.45) is 0 Å². The minimum Gasteiger partial charge on any atom is -0.458 e. The molecular formula is C17H19ClN2O4S2. The molecular weight excluding hydrogens is 396 g/mol. The van der Waals surface area contributed by atoms with Gasteiger partial charge >= 0.3 is 5.97 Å². The van der Waals surface area contributed by atoms with Crippen LogP contribution in [0.2, 0.25) is 5.02 Å². The first kappa shape index (κ1) is 19.3. The van der Waals surface area contributed by atoms with E-state index in [9.17, 15) is 13.2 Å². The Morgan fingerprint density at radius 2 is 2.12 bits per heavy atom. The fraction of sp³-hybridized carbons (Fsp3) is 0.412. The van der Waals surface area contributed by atoms with Crippen molar-refractivity contribution in [1.29, 1.82) is 0 Å². The lowest BCUT2D eigenvalue weighted by molar-refractivity contribution is -0.148. The van der Waals surface area contributed by atoms with E-state index in [2.05, 4.69) is 4.98 Å². The molecule has 1 aliphatic heterocycles. The van der Waals surface area contributed by atoms with Crippen LogP contribution < -0.4 is 0 Å². The molecule has 0 aliphatic carbocycles. The molecule has 0 N–H and O–H groups in total. The molecule has 0 spiro atoms. The Balaban J connectivity index is 1.70. The van der Waals surface area contributed by atoms with E-state index in [1.807, 2.05) is 12.3 Å². The first-order valence-electron chi connectivity index (χ1n) is 8.29. The summed E-state index contributed by atoms with van der Waals surface area (Å²) in [5.74, 6) is -0.536. The molecule has 9 heteroatoms. The summed E-state index contributed by atoms with van der Waals surface area (Å²) in [7, 11) is -3.77. The van der Waals surface area contributed by atoms with Gasteiger partial charge in [0.2, 0.25) is 10.0 Å². The molecule has 1 saturated heterocycles. The molecule has 0 radical (unpaired) electrons. The zero-order valence-electron chi connectivity index (χ0n) is 14.2. The number of hydrogen-bond donors (Lipinski definition) is 0. The molecule has 1 aromatic carbocycles. The lowest BCUT2D eigenvalue weighted by Gasteiger charge is -2.22. The quantitative estimate of drug-likeness (QED) is 0.678. The van der Waals surface area contributed by atoms with Crippen LogP contribution in [0.1, 0.15) is 30.5 Å². The topological polar surface area (TPSA) is 76.6 Å². The Bertz CT molecular complexity index is 880. The van der Waals surface area contributed by atoms with Crippen LogP contribution in [0.3, 0.4) is 0 Å². The largest absolute Gasteiger partial charge is 0.458 e. The number of esters is 1. The number of rotatable bonds is 6. The minimum atomic E-state index is -3.77. The summed E-state index contributed by atoms with van der Waals surface area (Å²) in [5, 5.41) is 3.28. The summed E-state index contributed by atoms with van der Waals surface area (Å²) in [6.07, 6.45) is 1.89. The lowest BCUT2D eigenvalue weighted by Crippen LogP contribution is -2.41. The van der Waals surface area contributed by atoms with Gasteiger partial charge in [0.15, 0.2) is 0 Å². The zero-order valence-corrected chi connectivity index (χ0v) is 16.6. The minimum absolute atomic E-state index is 0.0562. The van der Waals surface area contributed by atoms with E-state index in [1.54, 1.807) is 0 Å². The van der Waals surface area contributed by atoms with Crippen molar-refractivity contribution in [2.75, 3.05) is 6.54 Å². The van der Waals surface area contributed by atoms with Crippen LogP contribution >= 0.6 is 22.9 Å². The Labute approximate surface area is 161 Å². The first-order chi connectivity index (χ1) is 12.4. The molecule has 0 unspecified atom stereocenters. The van der Waals surface area contributed by atoms with E-state index in [4.69, 9.17) is 16.3 Å². The van der Waals surface area contributed by atoms with Crippen molar-refractivity contribution in [3.63, 3.8) is 0 Å². The third-order valence-corrected chi connectivity index (χ3v) is 7.38. The van der Waals surface area contributed by atoms with Gasteiger partial charge in [0, 0.05) is 16.9 Å². The van der Waals surface area contributed by atoms with Crippen molar-refractivity contribution in [3.05, 3.63) is 45.4 Å². The van der Waals surface area contributed by atoms with E-state index >= 15 is 0 Å². The molecule has 3 rings (SSSR count). The molecule has 0 amide bonds. The SMILES string of the molecule is CCc1nc(COC(=O)[C@@H]2CCCN2S(=O)(=O)c2ccc(Cl)cc2)cs1. The molecule has 1 aromatic heterocycles. The Hall–Kier alpha value is -1.48. The lowest BCUT2D eigenvalue weighted by atomic mass is 10.2. The maximum atomic E-state index is 12.8. The van der Waals surface area contributed by atoms with Gasteiger partial charge in [-0.05, 0) is 43.5 Å². The van der Waals surface area contributed by atoms with Gasteiger partial charge in [-0.3, -0.25) is 4.79 Å². The van der Waals surface area contributed by atoms with Gasteiger partial charge in [0.1, 0.15) is 12.6 Å². The normalized spacial score (nSPS) is 18.2. The number of ether oxygens (including phenoxy) is 1. The van der Waals surface area contributed by atoms with Gasteiger partial charge in [-0.1, -0.05) is 18.5 Å². The summed E-state index contributed by atoms with van der Waals surface area (Å²) < 4.78 is 32.2. The Morgan fingerprint density at radius 3 is 2.77 bits per heavy atom. The molecule has 2 heterocycles. The molecule has 0 saturated carbocycles. The average Bonchev–Trinajstić information content (AvgIpc) is 3.29. The third kappa shape index (κ3) is 4.09. The van der Waals surface area contributed by atoms with Crippen LogP contribution in [0, 0.1) is 0 Å². The van der Waals surface area contributed by atoms with Crippen LogP contribution in [0.25, 0.3) is 0 Å². The number of aryl methyl sites for hydroxylation is 1. The van der Waals surface area contributed by atoms with Crippen molar-refractivity contribution in [1.82, 2.24) is 9.29 Å². The molecule has 0 bridgehead atoms. The van der Waals surface area contributed by atoms with Crippen molar-refractivity contribution >= 4 is 38.9 Å². The van der Waals surface area contributed by atoms with E-state index in [-0.39, 0.29) is 11.5 Å². The number of carbonyl (C=O) groups is 1. The molecule has 1 aliphatic rings. The molecule has 140 valence electrons. The van der Waals surface area contributed by atoms with Gasteiger partial charge < -0.3 is 4.74 Å². The summed E-state index contributed by atoms with van der Waals surface area (Å²) in [4.78, 5) is 16.9. The fourth-order valence-electron chi connectivity index (χ4n) is 2.82. The second kappa shape index (κ2) is 8.04. The zero-order chi connectivity index (χ0) is 18.7. The molecule has 1 atom stereocenters. The highest BCUT2D eigenvalue weighted by Crippen LogP contribution is 2.27. The number of nitrogens with zero attached hydrogens (tertiary/aromatic N) is 2. The number of aromatic nitrogens is 1. The van der Waals surface area contributed by atoms with Crippen LogP contribution in [-0.2, 0) is 32.6 Å². The van der Waals surface area contributed by atoms with Gasteiger partial charge in [0.05, 0.1) is 15.6 Å². The number of halogens is 1. The summed E-state index contributed by atoms with van der Waals surface area (Å²) in [6.45, 7) is 2.36. The smallest absolute Gasteiger partial charge is 0.324 e. The first-order valence-corrected chi connectivity index (χ1v) is 11.0. The number of hydrogen-bond acceptors (Lipinski definition) is 6. The number of benzene rings is 1. The Kier molecular flexibility index (Phi) is 5.96. The van der Waals surface area contributed by atoms with Crippen LogP contribution in [0.4, 0.5) is 0 Å². The fourth-order valence-corrected chi connectivity index (χ4v) is 5.33. The second-order valence-corrected chi connectivity index (χ2v) is 9.19. The van der Waals surface area contributed by atoms with Crippen LogP contribution in [-0.4, -0.2) is 36.3 Å². The maximum absolute atomic E-state index is 12.8. The van der Waals surface area contributed by atoms with Gasteiger partial charge in [-0.25, -0.2) is 13.4 Å². The van der Waals surface area contributed by atoms with E-state index in [0.717, 1.165) is 11.4 Å². The van der Waals surface area contributed by atoms with Crippen molar-refractivity contribution in [2.45, 2.75) is 43.7 Å². The van der Waals surface area contributed by atoms with Gasteiger partial charge in [0.25, 0.3) is 0 Å². The monoisotopic (exact) mass is 414 g/mol. The van der Waals surface area contributed by atoms with E-state index in [0.29, 0.717) is 30.1 Å². The van der Waals surface area contributed by atoms with E-state index in [1.165, 1.54) is 39.9 Å². The molecule has 26 heavy (non-hydrogen) atoms. The summed E-state index contributed by atoms with van der Waals surface area (Å²) >= 11 is 7.34. The van der Waals surface area contributed by atoms with E-state index < -0.39 is 22.0 Å². The summed E-state index contributed by atoms with van der Waals surface area (Å²) in [6, 6.07) is 5.12. The highest BCUT2D eigenvalue weighted by atomic mass is 35.5. The van der Waals surface area contributed by atoms with Crippen molar-refractivity contribution < 1.29 is 17.9 Å². The standard InChI is InChI=1S/C17H19ClN2O4S2/c1-2-16-19-13(11-25-16)10-24-17(21)15-4-3-9-20(15)26(22,23)14-7-5-12(18)6-8-14/h5-8,11,15H,2-4,9-10H2,1H3/t15-/m0/s1. The highest BCUT2D eigenvalue weighted by molar-refractivity contribution is 7.89. The Morgan fingerprint density at radius 1 is 1.38 bits per heavy atom. The highest BCUT2D eigenvalue weighted by Gasteiger charge is 2.40. The van der Waals surface area contributed by atoms with Crippen LogP contribution in [0.15, 0.2) is 34.5 Å². The number of sulfonamides is 1. The predicted molar refractivity (Wildman–Crippen MR) is 99.7 cm³/mol. The maximum Gasteiger partial charge on any atom is 0.324 e. The predicted octanol–water partition coefficient (Wildman–Crippen LogP) is 3.26. The van der Waals surface area contributed by atoms with Crippen molar-refractivity contribution in [3.8, 4) is 0 Å². The third-order valence-electron chi connectivity index (χ3n) is 4.16. The number of thiazole rings is 1. The molecule has 2 aromatic rings.